The summed E-state index contributed by atoms with van der Waals surface area (Å²) in [7, 11) is 1.62. The molecule has 1 heterocycles. The number of ether oxygens (including phenoxy) is 2. The summed E-state index contributed by atoms with van der Waals surface area (Å²) in [4.78, 5) is 2.34. The Morgan fingerprint density at radius 1 is 1.47 bits per heavy atom. The highest BCUT2D eigenvalue weighted by Gasteiger charge is 2.29. The molecule has 106 valence electrons. The predicted molar refractivity (Wildman–Crippen MR) is 74.4 cm³/mol. The molecule has 0 saturated carbocycles. The SMILES string of the molecule is CCCN1CCOC(C(O)c2ccccc2OC)C1. The van der Waals surface area contributed by atoms with Gasteiger partial charge < -0.3 is 14.6 Å². The van der Waals surface area contributed by atoms with Gasteiger partial charge in [-0.05, 0) is 19.0 Å². The van der Waals surface area contributed by atoms with Gasteiger partial charge >= 0.3 is 0 Å². The molecule has 2 atom stereocenters. The van der Waals surface area contributed by atoms with Gasteiger partial charge in [-0.2, -0.15) is 0 Å². The highest BCUT2D eigenvalue weighted by molar-refractivity contribution is 5.35. The molecule has 4 nitrogen and oxygen atoms in total. The molecule has 1 saturated heterocycles. The van der Waals surface area contributed by atoms with Crippen LogP contribution in [0.1, 0.15) is 25.0 Å². The molecule has 0 aliphatic carbocycles. The third kappa shape index (κ3) is 3.47. The number of hydrogen-bond donors (Lipinski definition) is 1. The highest BCUT2D eigenvalue weighted by Crippen LogP contribution is 2.29. The number of methoxy groups -OCH3 is 1. The van der Waals surface area contributed by atoms with Crippen molar-refractivity contribution in [2.75, 3.05) is 33.4 Å². The second kappa shape index (κ2) is 6.89. The molecule has 1 aromatic carbocycles. The van der Waals surface area contributed by atoms with Gasteiger partial charge in [0, 0.05) is 18.7 Å². The van der Waals surface area contributed by atoms with Crippen LogP contribution in [0.2, 0.25) is 0 Å². The minimum Gasteiger partial charge on any atom is -0.496 e. The van der Waals surface area contributed by atoms with Crippen molar-refractivity contribution in [1.29, 1.82) is 0 Å². The summed E-state index contributed by atoms with van der Waals surface area (Å²) in [6.45, 7) is 5.62. The first-order chi connectivity index (χ1) is 9.26. The topological polar surface area (TPSA) is 41.9 Å². The molecule has 1 aliphatic heterocycles. The van der Waals surface area contributed by atoms with Crippen LogP contribution in [0.4, 0.5) is 0 Å². The fraction of sp³-hybridized carbons (Fsp3) is 0.600. The normalized spacial score (nSPS) is 22.2. The van der Waals surface area contributed by atoms with Crippen LogP contribution < -0.4 is 4.74 Å². The third-order valence-electron chi connectivity index (χ3n) is 3.53. The molecule has 1 aromatic rings. The molecule has 0 radical (unpaired) electrons. The Balaban J connectivity index is 2.07. The summed E-state index contributed by atoms with van der Waals surface area (Å²) in [5.41, 5.74) is 0.799. The predicted octanol–water partition coefficient (Wildman–Crippen LogP) is 1.84. The van der Waals surface area contributed by atoms with Crippen LogP contribution in [0.3, 0.4) is 0 Å². The average molecular weight is 265 g/mol. The minimum atomic E-state index is -0.643. The van der Waals surface area contributed by atoms with Gasteiger partial charge in [0.25, 0.3) is 0 Å². The zero-order valence-electron chi connectivity index (χ0n) is 11.7. The summed E-state index contributed by atoms with van der Waals surface area (Å²) >= 11 is 0. The average Bonchev–Trinajstić information content (AvgIpc) is 2.47. The summed E-state index contributed by atoms with van der Waals surface area (Å²) in [5, 5.41) is 10.5. The Hall–Kier alpha value is -1.10. The van der Waals surface area contributed by atoms with E-state index in [1.165, 1.54) is 0 Å². The Morgan fingerprint density at radius 2 is 2.26 bits per heavy atom. The smallest absolute Gasteiger partial charge is 0.124 e. The summed E-state index contributed by atoms with van der Waals surface area (Å²) in [6.07, 6.45) is 0.296. The third-order valence-corrected chi connectivity index (χ3v) is 3.53. The van der Waals surface area contributed by atoms with Gasteiger partial charge in [0.15, 0.2) is 0 Å². The molecule has 4 heteroatoms. The van der Waals surface area contributed by atoms with Gasteiger partial charge in [-0.3, -0.25) is 4.90 Å². The van der Waals surface area contributed by atoms with Crippen molar-refractivity contribution in [3.05, 3.63) is 29.8 Å². The van der Waals surface area contributed by atoms with Crippen molar-refractivity contribution in [2.24, 2.45) is 0 Å². The Bertz CT molecular complexity index is 395. The molecular weight excluding hydrogens is 242 g/mol. The van der Waals surface area contributed by atoms with E-state index in [1.54, 1.807) is 7.11 Å². The molecule has 1 fully saturated rings. The van der Waals surface area contributed by atoms with Crippen LogP contribution in [0.5, 0.6) is 5.75 Å². The van der Waals surface area contributed by atoms with Gasteiger partial charge in [-0.15, -0.1) is 0 Å². The van der Waals surface area contributed by atoms with Crippen molar-refractivity contribution >= 4 is 0 Å². The van der Waals surface area contributed by atoms with Crippen molar-refractivity contribution in [3.63, 3.8) is 0 Å². The summed E-state index contributed by atoms with van der Waals surface area (Å²) in [6, 6.07) is 7.57. The quantitative estimate of drug-likeness (QED) is 0.882. The van der Waals surface area contributed by atoms with E-state index in [1.807, 2.05) is 24.3 Å². The second-order valence-corrected chi connectivity index (χ2v) is 4.90. The van der Waals surface area contributed by atoms with E-state index in [0.29, 0.717) is 12.4 Å². The second-order valence-electron chi connectivity index (χ2n) is 4.90. The standard InChI is InChI=1S/C15H23NO3/c1-3-8-16-9-10-19-14(11-16)15(17)12-6-4-5-7-13(12)18-2/h4-7,14-15,17H,3,8-11H2,1-2H3. The fourth-order valence-electron chi connectivity index (χ4n) is 2.55. The first-order valence-electron chi connectivity index (χ1n) is 6.91. The van der Waals surface area contributed by atoms with Gasteiger partial charge in [-0.25, -0.2) is 0 Å². The maximum atomic E-state index is 10.5. The first kappa shape index (κ1) is 14.3. The van der Waals surface area contributed by atoms with E-state index in [9.17, 15) is 5.11 Å². The molecule has 1 N–H and O–H groups in total. The lowest BCUT2D eigenvalue weighted by Crippen LogP contribution is -2.45. The van der Waals surface area contributed by atoms with E-state index >= 15 is 0 Å². The number of nitrogens with zero attached hydrogens (tertiary/aromatic N) is 1. The Labute approximate surface area is 114 Å². The maximum absolute atomic E-state index is 10.5. The lowest BCUT2D eigenvalue weighted by atomic mass is 10.0. The largest absolute Gasteiger partial charge is 0.496 e. The van der Waals surface area contributed by atoms with E-state index in [0.717, 1.165) is 31.6 Å². The first-order valence-corrected chi connectivity index (χ1v) is 6.91. The molecule has 2 unspecified atom stereocenters. The molecule has 0 amide bonds. The van der Waals surface area contributed by atoms with Gasteiger partial charge in [0.05, 0.1) is 13.7 Å². The van der Waals surface area contributed by atoms with Crippen LogP contribution in [0.15, 0.2) is 24.3 Å². The zero-order valence-corrected chi connectivity index (χ0v) is 11.7. The molecular formula is C15H23NO3. The van der Waals surface area contributed by atoms with E-state index in [2.05, 4.69) is 11.8 Å². The van der Waals surface area contributed by atoms with Crippen molar-refractivity contribution in [2.45, 2.75) is 25.6 Å². The number of hydrogen-bond acceptors (Lipinski definition) is 4. The molecule has 19 heavy (non-hydrogen) atoms. The lowest BCUT2D eigenvalue weighted by molar-refractivity contribution is -0.0903. The van der Waals surface area contributed by atoms with E-state index < -0.39 is 6.10 Å². The van der Waals surface area contributed by atoms with E-state index in [-0.39, 0.29) is 6.10 Å². The number of para-hydroxylation sites is 1. The fourth-order valence-corrected chi connectivity index (χ4v) is 2.55. The van der Waals surface area contributed by atoms with Gasteiger partial charge in [0.2, 0.25) is 0 Å². The number of aliphatic hydroxyl groups excluding tert-OH is 1. The van der Waals surface area contributed by atoms with Crippen LogP contribution in [0.25, 0.3) is 0 Å². The lowest BCUT2D eigenvalue weighted by Gasteiger charge is -2.35. The minimum absolute atomic E-state index is 0.184. The summed E-state index contributed by atoms with van der Waals surface area (Å²) < 4.78 is 11.0. The molecule has 0 spiro atoms. The molecule has 0 aromatic heterocycles. The Kier molecular flexibility index (Phi) is 5.19. The van der Waals surface area contributed by atoms with Gasteiger partial charge in [-0.1, -0.05) is 25.1 Å². The number of aliphatic hydroxyl groups is 1. The van der Waals surface area contributed by atoms with Crippen molar-refractivity contribution in [3.8, 4) is 5.75 Å². The van der Waals surface area contributed by atoms with Crippen LogP contribution in [0, 0.1) is 0 Å². The van der Waals surface area contributed by atoms with Crippen molar-refractivity contribution < 1.29 is 14.6 Å². The highest BCUT2D eigenvalue weighted by atomic mass is 16.5. The maximum Gasteiger partial charge on any atom is 0.124 e. The Morgan fingerprint density at radius 3 is 3.00 bits per heavy atom. The number of benzene rings is 1. The van der Waals surface area contributed by atoms with Crippen LogP contribution in [-0.2, 0) is 4.74 Å². The zero-order chi connectivity index (χ0) is 13.7. The molecule has 0 bridgehead atoms. The van der Waals surface area contributed by atoms with E-state index in [4.69, 9.17) is 9.47 Å². The number of rotatable bonds is 5. The van der Waals surface area contributed by atoms with Crippen LogP contribution in [-0.4, -0.2) is 49.5 Å². The monoisotopic (exact) mass is 265 g/mol. The van der Waals surface area contributed by atoms with Crippen LogP contribution >= 0.6 is 0 Å². The molecule has 1 aliphatic rings. The van der Waals surface area contributed by atoms with Gasteiger partial charge in [0.1, 0.15) is 18.0 Å². The molecule has 2 rings (SSSR count). The number of morpholine rings is 1. The summed E-state index contributed by atoms with van der Waals surface area (Å²) in [5.74, 6) is 0.714. The van der Waals surface area contributed by atoms with Crippen molar-refractivity contribution in [1.82, 2.24) is 4.90 Å².